The first-order chi connectivity index (χ1) is 9.08. The van der Waals surface area contributed by atoms with Crippen LogP contribution in [0.15, 0.2) is 18.3 Å². The molecule has 0 saturated heterocycles. The van der Waals surface area contributed by atoms with E-state index < -0.39 is 0 Å². The standard InChI is InChI=1S/C15H25N3O/c1-5-9-18(10-6-2)13-7-8-16-14(11-13)15(19)17-12(3)4/h7-8,11-12H,5-6,9-10H2,1-4H3,(H,17,19). The number of aromatic nitrogens is 1. The molecule has 1 N–H and O–H groups in total. The fourth-order valence-electron chi connectivity index (χ4n) is 1.99. The molecule has 1 rings (SSSR count). The number of nitrogens with zero attached hydrogens (tertiary/aromatic N) is 2. The Labute approximate surface area is 116 Å². The van der Waals surface area contributed by atoms with Gasteiger partial charge in [-0.1, -0.05) is 13.8 Å². The van der Waals surface area contributed by atoms with Crippen LogP contribution in [-0.4, -0.2) is 30.0 Å². The van der Waals surface area contributed by atoms with Crippen molar-refractivity contribution in [3.05, 3.63) is 24.0 Å². The van der Waals surface area contributed by atoms with Gasteiger partial charge in [0.25, 0.3) is 5.91 Å². The van der Waals surface area contributed by atoms with E-state index in [-0.39, 0.29) is 11.9 Å². The van der Waals surface area contributed by atoms with E-state index in [1.54, 1.807) is 6.20 Å². The summed E-state index contributed by atoms with van der Waals surface area (Å²) in [5.74, 6) is -0.107. The maximum absolute atomic E-state index is 12.0. The van der Waals surface area contributed by atoms with Crippen LogP contribution < -0.4 is 10.2 Å². The van der Waals surface area contributed by atoms with Gasteiger partial charge < -0.3 is 10.2 Å². The summed E-state index contributed by atoms with van der Waals surface area (Å²) in [6, 6.07) is 3.97. The number of hydrogen-bond donors (Lipinski definition) is 1. The van der Waals surface area contributed by atoms with Crippen LogP contribution in [-0.2, 0) is 0 Å². The van der Waals surface area contributed by atoms with Crippen molar-refractivity contribution in [2.45, 2.75) is 46.6 Å². The Morgan fingerprint density at radius 1 is 1.32 bits per heavy atom. The van der Waals surface area contributed by atoms with Crippen LogP contribution >= 0.6 is 0 Å². The largest absolute Gasteiger partial charge is 0.371 e. The van der Waals surface area contributed by atoms with Crippen molar-refractivity contribution in [1.29, 1.82) is 0 Å². The summed E-state index contributed by atoms with van der Waals surface area (Å²) in [5, 5.41) is 2.87. The number of anilines is 1. The van der Waals surface area contributed by atoms with Gasteiger partial charge in [-0.15, -0.1) is 0 Å². The summed E-state index contributed by atoms with van der Waals surface area (Å²) in [6.07, 6.45) is 3.90. The van der Waals surface area contributed by atoms with E-state index in [9.17, 15) is 4.79 Å². The molecule has 0 spiro atoms. The van der Waals surface area contributed by atoms with Crippen molar-refractivity contribution < 1.29 is 4.79 Å². The van der Waals surface area contributed by atoms with Gasteiger partial charge in [-0.25, -0.2) is 0 Å². The zero-order valence-corrected chi connectivity index (χ0v) is 12.4. The van der Waals surface area contributed by atoms with Gasteiger partial charge in [0.1, 0.15) is 5.69 Å². The van der Waals surface area contributed by atoms with Gasteiger partial charge in [-0.2, -0.15) is 0 Å². The predicted molar refractivity (Wildman–Crippen MR) is 79.6 cm³/mol. The molecule has 0 saturated carbocycles. The molecule has 0 atom stereocenters. The first-order valence-corrected chi connectivity index (χ1v) is 7.10. The van der Waals surface area contributed by atoms with Crippen LogP contribution in [0, 0.1) is 0 Å². The first-order valence-electron chi connectivity index (χ1n) is 7.10. The van der Waals surface area contributed by atoms with Crippen LogP contribution in [0.4, 0.5) is 5.69 Å². The molecule has 0 unspecified atom stereocenters. The molecule has 1 aromatic heterocycles. The number of hydrogen-bond acceptors (Lipinski definition) is 3. The van der Waals surface area contributed by atoms with Gasteiger partial charge in [0.05, 0.1) is 0 Å². The topological polar surface area (TPSA) is 45.2 Å². The third-order valence-corrected chi connectivity index (χ3v) is 2.75. The molecule has 19 heavy (non-hydrogen) atoms. The molecular weight excluding hydrogens is 238 g/mol. The van der Waals surface area contributed by atoms with Crippen molar-refractivity contribution in [2.24, 2.45) is 0 Å². The second kappa shape index (κ2) is 7.77. The van der Waals surface area contributed by atoms with Gasteiger partial charge >= 0.3 is 0 Å². The fourth-order valence-corrected chi connectivity index (χ4v) is 1.99. The van der Waals surface area contributed by atoms with Crippen LogP contribution in [0.25, 0.3) is 0 Å². The highest BCUT2D eigenvalue weighted by molar-refractivity contribution is 5.93. The van der Waals surface area contributed by atoms with Crippen molar-refractivity contribution in [3.8, 4) is 0 Å². The van der Waals surface area contributed by atoms with Gasteiger partial charge in [0.2, 0.25) is 0 Å². The zero-order chi connectivity index (χ0) is 14.3. The molecule has 4 nitrogen and oxygen atoms in total. The molecule has 0 bridgehead atoms. The van der Waals surface area contributed by atoms with Gasteiger partial charge in [0, 0.05) is 31.0 Å². The predicted octanol–water partition coefficient (Wildman–Crippen LogP) is 2.85. The van der Waals surface area contributed by atoms with Crippen molar-refractivity contribution >= 4 is 11.6 Å². The molecule has 4 heteroatoms. The number of carbonyl (C=O) groups excluding carboxylic acids is 1. The molecule has 1 amide bonds. The summed E-state index contributed by atoms with van der Waals surface area (Å²) >= 11 is 0. The van der Waals surface area contributed by atoms with E-state index in [0.717, 1.165) is 31.6 Å². The smallest absolute Gasteiger partial charge is 0.270 e. The lowest BCUT2D eigenvalue weighted by Crippen LogP contribution is -2.31. The minimum absolute atomic E-state index is 0.107. The van der Waals surface area contributed by atoms with E-state index >= 15 is 0 Å². The normalized spacial score (nSPS) is 10.6. The van der Waals surface area contributed by atoms with Crippen molar-refractivity contribution in [3.63, 3.8) is 0 Å². The first kappa shape index (κ1) is 15.5. The van der Waals surface area contributed by atoms with Gasteiger partial charge in [-0.3, -0.25) is 9.78 Å². The van der Waals surface area contributed by atoms with Gasteiger partial charge in [-0.05, 0) is 38.8 Å². The summed E-state index contributed by atoms with van der Waals surface area (Å²) in [4.78, 5) is 18.4. The molecule has 0 aliphatic rings. The summed E-state index contributed by atoms with van der Waals surface area (Å²) in [7, 11) is 0. The highest BCUT2D eigenvalue weighted by Crippen LogP contribution is 2.15. The molecule has 0 fully saturated rings. The monoisotopic (exact) mass is 263 g/mol. The number of rotatable bonds is 7. The zero-order valence-electron chi connectivity index (χ0n) is 12.4. The molecule has 106 valence electrons. The Hall–Kier alpha value is -1.58. The molecule has 1 aromatic rings. The van der Waals surface area contributed by atoms with E-state index in [1.807, 2.05) is 26.0 Å². The molecule has 0 aliphatic carbocycles. The van der Waals surface area contributed by atoms with Crippen LogP contribution in [0.3, 0.4) is 0 Å². The molecule has 1 heterocycles. The highest BCUT2D eigenvalue weighted by Gasteiger charge is 2.11. The van der Waals surface area contributed by atoms with Crippen molar-refractivity contribution in [2.75, 3.05) is 18.0 Å². The van der Waals surface area contributed by atoms with Crippen molar-refractivity contribution in [1.82, 2.24) is 10.3 Å². The number of amides is 1. The quantitative estimate of drug-likeness (QED) is 0.822. The molecular formula is C15H25N3O. The molecule has 0 aromatic carbocycles. The summed E-state index contributed by atoms with van der Waals surface area (Å²) < 4.78 is 0. The van der Waals surface area contributed by atoms with Gasteiger partial charge in [0.15, 0.2) is 0 Å². The van der Waals surface area contributed by atoms with E-state index in [4.69, 9.17) is 0 Å². The maximum atomic E-state index is 12.0. The Balaban J connectivity index is 2.88. The minimum Gasteiger partial charge on any atom is -0.371 e. The lowest BCUT2D eigenvalue weighted by Gasteiger charge is -2.24. The maximum Gasteiger partial charge on any atom is 0.270 e. The summed E-state index contributed by atoms with van der Waals surface area (Å²) in [6.45, 7) is 10.2. The second-order valence-corrected chi connectivity index (χ2v) is 5.01. The lowest BCUT2D eigenvalue weighted by atomic mass is 10.2. The Morgan fingerprint density at radius 2 is 1.95 bits per heavy atom. The second-order valence-electron chi connectivity index (χ2n) is 5.01. The SMILES string of the molecule is CCCN(CCC)c1ccnc(C(=O)NC(C)C)c1. The lowest BCUT2D eigenvalue weighted by molar-refractivity contribution is 0.0938. The van der Waals surface area contributed by atoms with Crippen LogP contribution in [0.2, 0.25) is 0 Å². The van der Waals surface area contributed by atoms with E-state index in [2.05, 4.69) is 29.0 Å². The molecule has 0 radical (unpaired) electrons. The number of pyridine rings is 1. The average Bonchev–Trinajstić information content (AvgIpc) is 2.38. The Bertz CT molecular complexity index is 398. The van der Waals surface area contributed by atoms with E-state index in [0.29, 0.717) is 5.69 Å². The Kier molecular flexibility index (Phi) is 6.33. The number of nitrogens with one attached hydrogen (secondary N) is 1. The Morgan fingerprint density at radius 3 is 2.47 bits per heavy atom. The van der Waals surface area contributed by atoms with E-state index in [1.165, 1.54) is 0 Å². The third kappa shape index (κ3) is 4.89. The highest BCUT2D eigenvalue weighted by atomic mass is 16.1. The average molecular weight is 263 g/mol. The fraction of sp³-hybridized carbons (Fsp3) is 0.600. The number of carbonyl (C=O) groups is 1. The third-order valence-electron chi connectivity index (χ3n) is 2.75. The molecule has 0 aliphatic heterocycles. The van der Waals surface area contributed by atoms with Crippen LogP contribution in [0.1, 0.15) is 51.0 Å². The minimum atomic E-state index is -0.107. The van der Waals surface area contributed by atoms with Crippen LogP contribution in [0.5, 0.6) is 0 Å². The summed E-state index contributed by atoms with van der Waals surface area (Å²) in [5.41, 5.74) is 1.57.